The number of nitrogens with zero attached hydrogens (tertiary/aromatic N) is 4. The minimum absolute atomic E-state index is 0.241. The van der Waals surface area contributed by atoms with Gasteiger partial charge < -0.3 is 5.11 Å². The molecule has 0 bridgehead atoms. The molecule has 116 valence electrons. The van der Waals surface area contributed by atoms with Crippen molar-refractivity contribution < 1.29 is 9.90 Å². The first kappa shape index (κ1) is 14.7. The van der Waals surface area contributed by atoms with Gasteiger partial charge in [0, 0.05) is 19.1 Å². The van der Waals surface area contributed by atoms with Crippen molar-refractivity contribution in [3.05, 3.63) is 47.5 Å². The van der Waals surface area contributed by atoms with Crippen LogP contribution in [0.25, 0.3) is 0 Å². The Labute approximate surface area is 129 Å². The number of hydrogen-bond acceptors (Lipinski definition) is 4. The fourth-order valence-corrected chi connectivity index (χ4v) is 3.03. The van der Waals surface area contributed by atoms with Gasteiger partial charge in [-0.2, -0.15) is 5.10 Å². The lowest BCUT2D eigenvalue weighted by Gasteiger charge is -2.32. The molecule has 1 aromatic carbocycles. The topological polar surface area (TPSA) is 71.2 Å². The summed E-state index contributed by atoms with van der Waals surface area (Å²) in [6.07, 6.45) is 1.56. The zero-order valence-electron chi connectivity index (χ0n) is 12.8. The van der Waals surface area contributed by atoms with Crippen molar-refractivity contribution in [3.8, 4) is 0 Å². The predicted octanol–water partition coefficient (Wildman–Crippen LogP) is 2.04. The molecule has 2 aromatic rings. The Balaban J connectivity index is 1.85. The van der Waals surface area contributed by atoms with Crippen LogP contribution in [0.15, 0.2) is 30.6 Å². The molecule has 0 amide bonds. The van der Waals surface area contributed by atoms with E-state index in [9.17, 15) is 9.90 Å². The van der Waals surface area contributed by atoms with E-state index in [0.29, 0.717) is 13.1 Å². The molecule has 0 saturated heterocycles. The summed E-state index contributed by atoms with van der Waals surface area (Å²) in [7, 11) is 0. The van der Waals surface area contributed by atoms with Crippen LogP contribution in [0, 0.1) is 0 Å². The number of aromatic nitrogens is 3. The summed E-state index contributed by atoms with van der Waals surface area (Å²) in [6, 6.07) is 8.02. The summed E-state index contributed by atoms with van der Waals surface area (Å²) >= 11 is 0. The Morgan fingerprint density at radius 2 is 2.18 bits per heavy atom. The molecule has 3 rings (SSSR count). The van der Waals surface area contributed by atoms with Crippen molar-refractivity contribution in [1.82, 2.24) is 19.7 Å². The molecule has 1 aliphatic rings. The molecule has 0 saturated carbocycles. The fourth-order valence-electron chi connectivity index (χ4n) is 3.03. The molecule has 0 fully saturated rings. The highest BCUT2D eigenvalue weighted by molar-refractivity contribution is 5.77. The maximum absolute atomic E-state index is 11.6. The number of carbonyl (C=O) groups is 1. The van der Waals surface area contributed by atoms with Crippen LogP contribution in [0.5, 0.6) is 0 Å². The van der Waals surface area contributed by atoms with Gasteiger partial charge in [-0.25, -0.2) is 9.67 Å². The van der Waals surface area contributed by atoms with Gasteiger partial charge in [0.25, 0.3) is 0 Å². The van der Waals surface area contributed by atoms with Gasteiger partial charge in [0.1, 0.15) is 12.2 Å². The maximum Gasteiger partial charge on any atom is 0.312 e. The van der Waals surface area contributed by atoms with Crippen LogP contribution in [-0.4, -0.2) is 37.3 Å². The lowest BCUT2D eigenvalue weighted by molar-refractivity contribution is -0.139. The Hall–Kier alpha value is -2.21. The van der Waals surface area contributed by atoms with Crippen molar-refractivity contribution in [2.24, 2.45) is 0 Å². The van der Waals surface area contributed by atoms with Crippen molar-refractivity contribution >= 4 is 5.97 Å². The molecule has 0 spiro atoms. The Kier molecular flexibility index (Phi) is 3.94. The monoisotopic (exact) mass is 300 g/mol. The number of aliphatic carboxylic acids is 1. The number of rotatable bonds is 4. The van der Waals surface area contributed by atoms with Gasteiger partial charge in [0.05, 0.1) is 12.5 Å². The van der Waals surface area contributed by atoms with E-state index in [1.54, 1.807) is 6.33 Å². The van der Waals surface area contributed by atoms with E-state index in [4.69, 9.17) is 0 Å². The number of fused-ring (bicyclic) bond motifs is 1. The van der Waals surface area contributed by atoms with Crippen LogP contribution >= 0.6 is 0 Å². The minimum atomic E-state index is -0.775. The first-order valence-electron chi connectivity index (χ1n) is 7.47. The quantitative estimate of drug-likeness (QED) is 0.935. The molecule has 22 heavy (non-hydrogen) atoms. The average Bonchev–Trinajstić information content (AvgIpc) is 2.94. The molecule has 1 aliphatic heterocycles. The predicted molar refractivity (Wildman–Crippen MR) is 81.3 cm³/mol. The van der Waals surface area contributed by atoms with Gasteiger partial charge >= 0.3 is 5.97 Å². The van der Waals surface area contributed by atoms with Gasteiger partial charge in [0.2, 0.25) is 0 Å². The maximum atomic E-state index is 11.6. The summed E-state index contributed by atoms with van der Waals surface area (Å²) in [4.78, 5) is 18.0. The zero-order chi connectivity index (χ0) is 15.7. The van der Waals surface area contributed by atoms with Crippen LogP contribution in [0.4, 0.5) is 0 Å². The number of carboxylic acid groups (broad SMARTS) is 1. The van der Waals surface area contributed by atoms with Gasteiger partial charge in [-0.05, 0) is 25.0 Å². The second-order valence-corrected chi connectivity index (χ2v) is 5.97. The molecule has 2 heterocycles. The van der Waals surface area contributed by atoms with Crippen molar-refractivity contribution in [2.45, 2.75) is 38.9 Å². The Bertz CT molecular complexity index is 680. The lowest BCUT2D eigenvalue weighted by Crippen LogP contribution is -2.37. The second kappa shape index (κ2) is 5.88. The number of benzene rings is 1. The largest absolute Gasteiger partial charge is 0.481 e. The van der Waals surface area contributed by atoms with Crippen molar-refractivity contribution in [1.29, 1.82) is 0 Å². The fraction of sp³-hybridized carbons (Fsp3) is 0.438. The third-order valence-corrected chi connectivity index (χ3v) is 4.06. The van der Waals surface area contributed by atoms with Gasteiger partial charge in [-0.3, -0.25) is 9.69 Å². The lowest BCUT2D eigenvalue weighted by atomic mass is 9.90. The second-order valence-electron chi connectivity index (χ2n) is 5.97. The van der Waals surface area contributed by atoms with E-state index in [1.165, 1.54) is 0 Å². The third-order valence-electron chi connectivity index (χ3n) is 4.06. The van der Waals surface area contributed by atoms with E-state index >= 15 is 0 Å². The first-order valence-corrected chi connectivity index (χ1v) is 7.47. The van der Waals surface area contributed by atoms with Gasteiger partial charge in [0.15, 0.2) is 0 Å². The molecule has 1 atom stereocenters. The van der Waals surface area contributed by atoms with Crippen LogP contribution in [0.3, 0.4) is 0 Å². The molecule has 6 nitrogen and oxygen atoms in total. The molecular weight excluding hydrogens is 280 g/mol. The third kappa shape index (κ3) is 2.74. The molecular formula is C16H20N4O2. The smallest absolute Gasteiger partial charge is 0.312 e. The van der Waals surface area contributed by atoms with Crippen molar-refractivity contribution in [2.75, 3.05) is 6.54 Å². The summed E-state index contributed by atoms with van der Waals surface area (Å²) in [5, 5.41) is 13.8. The molecule has 1 N–H and O–H groups in total. The molecule has 1 aromatic heterocycles. The van der Waals surface area contributed by atoms with E-state index < -0.39 is 11.9 Å². The van der Waals surface area contributed by atoms with Crippen molar-refractivity contribution in [3.63, 3.8) is 0 Å². The molecule has 1 unspecified atom stereocenters. The first-order chi connectivity index (χ1) is 10.6. The minimum Gasteiger partial charge on any atom is -0.481 e. The molecule has 6 heteroatoms. The van der Waals surface area contributed by atoms with Gasteiger partial charge in [-0.15, -0.1) is 0 Å². The van der Waals surface area contributed by atoms with Crippen LogP contribution in [-0.2, 0) is 17.9 Å². The normalized spacial score (nSPS) is 18.4. The highest BCUT2D eigenvalue weighted by Crippen LogP contribution is 2.29. The van der Waals surface area contributed by atoms with Crippen LogP contribution < -0.4 is 0 Å². The molecule has 0 aliphatic carbocycles. The van der Waals surface area contributed by atoms with Crippen LogP contribution in [0.1, 0.15) is 42.8 Å². The molecule has 0 radical (unpaired) electrons. The Morgan fingerprint density at radius 3 is 2.91 bits per heavy atom. The summed E-state index contributed by atoms with van der Waals surface area (Å²) in [6.45, 7) is 5.96. The van der Waals surface area contributed by atoms with E-state index in [0.717, 1.165) is 23.5 Å². The standard InChI is InChI=1S/C16H20N4O2/c1-11(2)20-15(17-10-18-20)9-19-7-12-5-3-4-6-13(12)14(8-19)16(21)22/h3-6,10-11,14H,7-9H2,1-2H3,(H,21,22). The van der Waals surface area contributed by atoms with Crippen LogP contribution in [0.2, 0.25) is 0 Å². The summed E-state index contributed by atoms with van der Waals surface area (Å²) in [5.41, 5.74) is 2.01. The van der Waals surface area contributed by atoms with E-state index in [1.807, 2.05) is 28.9 Å². The van der Waals surface area contributed by atoms with E-state index in [-0.39, 0.29) is 6.04 Å². The highest BCUT2D eigenvalue weighted by atomic mass is 16.4. The number of hydrogen-bond donors (Lipinski definition) is 1. The van der Waals surface area contributed by atoms with Gasteiger partial charge in [-0.1, -0.05) is 24.3 Å². The SMILES string of the molecule is CC(C)n1ncnc1CN1Cc2ccccc2C(C(=O)O)C1. The summed E-state index contributed by atoms with van der Waals surface area (Å²) in [5.74, 6) is -0.388. The average molecular weight is 300 g/mol. The highest BCUT2D eigenvalue weighted by Gasteiger charge is 2.30. The summed E-state index contributed by atoms with van der Waals surface area (Å²) < 4.78 is 1.89. The van der Waals surface area contributed by atoms with E-state index in [2.05, 4.69) is 28.8 Å². The number of carboxylic acids is 1. The Morgan fingerprint density at radius 1 is 1.41 bits per heavy atom. The zero-order valence-corrected chi connectivity index (χ0v) is 12.8.